The second kappa shape index (κ2) is 11.0. The molecule has 9 heteroatoms. The fourth-order valence-corrected chi connectivity index (χ4v) is 3.19. The topological polar surface area (TPSA) is 109 Å². The molecule has 154 valence electrons. The average molecular weight is 417 g/mol. The number of benzene rings is 2. The van der Waals surface area contributed by atoms with Gasteiger partial charge in [-0.1, -0.05) is 12.1 Å². The lowest BCUT2D eigenvalue weighted by Gasteiger charge is -2.14. The van der Waals surface area contributed by atoms with E-state index in [1.165, 1.54) is 18.7 Å². The second-order valence-corrected chi connectivity index (χ2v) is 7.47. The van der Waals surface area contributed by atoms with Crippen molar-refractivity contribution in [2.45, 2.75) is 24.0 Å². The van der Waals surface area contributed by atoms with Crippen molar-refractivity contribution in [1.29, 1.82) is 0 Å². The molecule has 0 spiro atoms. The van der Waals surface area contributed by atoms with Crippen LogP contribution in [-0.2, 0) is 14.4 Å². The van der Waals surface area contributed by atoms with Gasteiger partial charge in [0, 0.05) is 17.5 Å². The van der Waals surface area contributed by atoms with Gasteiger partial charge in [0.15, 0.2) is 0 Å². The Kier molecular flexibility index (Phi) is 8.35. The van der Waals surface area contributed by atoms with Crippen molar-refractivity contribution in [3.05, 3.63) is 48.5 Å². The number of hydrazine groups is 1. The predicted molar refractivity (Wildman–Crippen MR) is 114 cm³/mol. The fraction of sp³-hybridized carbons (Fsp3) is 0.250. The highest BCUT2D eigenvalue weighted by atomic mass is 32.2. The number of thioether (sulfide) groups is 1. The molecule has 29 heavy (non-hydrogen) atoms. The number of hydrogen-bond acceptors (Lipinski definition) is 6. The monoisotopic (exact) mass is 416 g/mol. The molecule has 0 fully saturated rings. The van der Waals surface area contributed by atoms with E-state index in [0.29, 0.717) is 17.1 Å². The molecule has 0 saturated heterocycles. The maximum atomic E-state index is 12.2. The van der Waals surface area contributed by atoms with Crippen molar-refractivity contribution >= 4 is 40.9 Å². The van der Waals surface area contributed by atoms with Crippen LogP contribution in [0.4, 0.5) is 11.4 Å². The normalized spacial score (nSPS) is 11.1. The molecule has 1 atom stereocenters. The van der Waals surface area contributed by atoms with Gasteiger partial charge in [-0.3, -0.25) is 25.2 Å². The maximum Gasteiger partial charge on any atom is 0.257 e. The van der Waals surface area contributed by atoms with Crippen LogP contribution in [0.3, 0.4) is 0 Å². The summed E-state index contributed by atoms with van der Waals surface area (Å²) in [4.78, 5) is 36.1. The molecule has 0 aromatic heterocycles. The number of hydrogen-bond donors (Lipinski definition) is 4. The number of ether oxygens (including phenoxy) is 1. The van der Waals surface area contributed by atoms with E-state index in [1.54, 1.807) is 38.3 Å². The summed E-state index contributed by atoms with van der Waals surface area (Å²) in [6, 6.07) is 14.4. The molecule has 2 aromatic carbocycles. The SMILES string of the molecule is COc1ccccc1NCC(=O)NNC(=O)C(C)Sc1ccc(NC(C)=O)cc1. The van der Waals surface area contributed by atoms with Crippen LogP contribution in [0.5, 0.6) is 5.75 Å². The molecular weight excluding hydrogens is 392 g/mol. The first-order valence-corrected chi connectivity index (χ1v) is 9.77. The fourth-order valence-electron chi connectivity index (χ4n) is 2.32. The number of carbonyl (C=O) groups is 3. The summed E-state index contributed by atoms with van der Waals surface area (Å²) in [6.45, 7) is 3.16. The predicted octanol–water partition coefficient (Wildman–Crippen LogP) is 2.39. The molecule has 2 aromatic rings. The minimum atomic E-state index is -0.427. The van der Waals surface area contributed by atoms with Gasteiger partial charge in [0.1, 0.15) is 5.75 Å². The maximum absolute atomic E-state index is 12.2. The zero-order valence-electron chi connectivity index (χ0n) is 16.4. The van der Waals surface area contributed by atoms with Crippen LogP contribution in [0.15, 0.2) is 53.4 Å². The van der Waals surface area contributed by atoms with Crippen LogP contribution < -0.4 is 26.2 Å². The Morgan fingerprint density at radius 2 is 1.72 bits per heavy atom. The van der Waals surface area contributed by atoms with Crippen molar-refractivity contribution < 1.29 is 19.1 Å². The van der Waals surface area contributed by atoms with E-state index >= 15 is 0 Å². The van der Waals surface area contributed by atoms with E-state index < -0.39 is 5.25 Å². The van der Waals surface area contributed by atoms with Gasteiger partial charge in [0.05, 0.1) is 24.6 Å². The van der Waals surface area contributed by atoms with Crippen LogP contribution in [0, 0.1) is 0 Å². The molecule has 3 amide bonds. The van der Waals surface area contributed by atoms with Gasteiger partial charge >= 0.3 is 0 Å². The number of para-hydroxylation sites is 2. The summed E-state index contributed by atoms with van der Waals surface area (Å²) in [5.74, 6) is -0.235. The Balaban J connectivity index is 1.76. The molecule has 0 aliphatic heterocycles. The summed E-state index contributed by atoms with van der Waals surface area (Å²) in [7, 11) is 1.55. The number of amides is 3. The van der Waals surface area contributed by atoms with Crippen molar-refractivity contribution in [1.82, 2.24) is 10.9 Å². The molecule has 1 unspecified atom stereocenters. The largest absolute Gasteiger partial charge is 0.495 e. The second-order valence-electron chi connectivity index (χ2n) is 6.06. The van der Waals surface area contributed by atoms with Gasteiger partial charge in [0.2, 0.25) is 5.91 Å². The van der Waals surface area contributed by atoms with E-state index in [-0.39, 0.29) is 24.3 Å². The smallest absolute Gasteiger partial charge is 0.257 e. The minimum absolute atomic E-state index is 0.0210. The highest BCUT2D eigenvalue weighted by Crippen LogP contribution is 2.25. The molecule has 0 saturated carbocycles. The Morgan fingerprint density at radius 3 is 2.38 bits per heavy atom. The quantitative estimate of drug-likeness (QED) is 0.389. The lowest BCUT2D eigenvalue weighted by atomic mass is 10.3. The Bertz CT molecular complexity index is 858. The molecule has 0 radical (unpaired) electrons. The van der Waals surface area contributed by atoms with Crippen molar-refractivity contribution in [3.8, 4) is 5.75 Å². The number of anilines is 2. The molecule has 8 nitrogen and oxygen atoms in total. The van der Waals surface area contributed by atoms with E-state index in [4.69, 9.17) is 4.74 Å². The first-order chi connectivity index (χ1) is 13.9. The zero-order chi connectivity index (χ0) is 21.2. The van der Waals surface area contributed by atoms with Gasteiger partial charge in [-0.05, 0) is 43.3 Å². The van der Waals surface area contributed by atoms with Crippen LogP contribution in [0.25, 0.3) is 0 Å². The van der Waals surface area contributed by atoms with E-state index in [1.807, 2.05) is 24.3 Å². The standard InChI is InChI=1S/C20H24N4O4S/c1-13(29-16-10-8-15(9-11-16)22-14(2)25)20(27)24-23-19(26)12-21-17-6-4-5-7-18(17)28-3/h4-11,13,21H,12H2,1-3H3,(H,22,25)(H,23,26)(H,24,27). The van der Waals surface area contributed by atoms with Gasteiger partial charge in [-0.15, -0.1) is 11.8 Å². The molecular formula is C20H24N4O4S. The molecule has 0 aliphatic carbocycles. The molecule has 2 rings (SSSR count). The van der Waals surface area contributed by atoms with E-state index in [2.05, 4.69) is 21.5 Å². The summed E-state index contributed by atoms with van der Waals surface area (Å²) >= 11 is 1.34. The lowest BCUT2D eigenvalue weighted by Crippen LogP contribution is -2.46. The number of methoxy groups -OCH3 is 1. The van der Waals surface area contributed by atoms with Gasteiger partial charge in [0.25, 0.3) is 11.8 Å². The Labute approximate surface area is 173 Å². The van der Waals surface area contributed by atoms with Gasteiger partial charge in [-0.25, -0.2) is 0 Å². The minimum Gasteiger partial charge on any atom is -0.495 e. The number of rotatable bonds is 8. The van der Waals surface area contributed by atoms with Gasteiger partial charge < -0.3 is 15.4 Å². The van der Waals surface area contributed by atoms with Crippen LogP contribution in [0.1, 0.15) is 13.8 Å². The molecule has 0 heterocycles. The average Bonchev–Trinajstić information content (AvgIpc) is 2.71. The lowest BCUT2D eigenvalue weighted by molar-refractivity contribution is -0.127. The third-order valence-corrected chi connectivity index (χ3v) is 4.84. The molecule has 4 N–H and O–H groups in total. The summed E-state index contributed by atoms with van der Waals surface area (Å²) < 4.78 is 5.20. The number of carbonyl (C=O) groups excluding carboxylic acids is 3. The van der Waals surface area contributed by atoms with Crippen molar-refractivity contribution in [3.63, 3.8) is 0 Å². The summed E-state index contributed by atoms with van der Waals surface area (Å²) in [6.07, 6.45) is 0. The summed E-state index contributed by atoms with van der Waals surface area (Å²) in [5, 5.41) is 5.21. The van der Waals surface area contributed by atoms with Crippen molar-refractivity contribution in [2.75, 3.05) is 24.3 Å². The third-order valence-electron chi connectivity index (χ3n) is 3.73. The zero-order valence-corrected chi connectivity index (χ0v) is 17.3. The Hall–Kier alpha value is -3.20. The van der Waals surface area contributed by atoms with Crippen LogP contribution in [-0.4, -0.2) is 36.6 Å². The molecule has 0 bridgehead atoms. The molecule has 0 aliphatic rings. The highest BCUT2D eigenvalue weighted by molar-refractivity contribution is 8.00. The third kappa shape index (κ3) is 7.38. The Morgan fingerprint density at radius 1 is 1.03 bits per heavy atom. The van der Waals surface area contributed by atoms with E-state index in [0.717, 1.165) is 4.90 Å². The van der Waals surface area contributed by atoms with Gasteiger partial charge in [-0.2, -0.15) is 0 Å². The van der Waals surface area contributed by atoms with E-state index in [9.17, 15) is 14.4 Å². The first kappa shape index (κ1) is 22.1. The van der Waals surface area contributed by atoms with Crippen molar-refractivity contribution in [2.24, 2.45) is 0 Å². The number of nitrogens with one attached hydrogen (secondary N) is 4. The first-order valence-electron chi connectivity index (χ1n) is 8.89. The van der Waals surface area contributed by atoms with Crippen LogP contribution >= 0.6 is 11.8 Å². The summed E-state index contributed by atoms with van der Waals surface area (Å²) in [5.41, 5.74) is 6.17. The highest BCUT2D eigenvalue weighted by Gasteiger charge is 2.15. The van der Waals surface area contributed by atoms with Crippen LogP contribution in [0.2, 0.25) is 0 Å².